The fourth-order valence-electron chi connectivity index (χ4n) is 1.73. The number of nitrogens with two attached hydrogens (primary N) is 1. The molecule has 1 atom stereocenters. The topological polar surface area (TPSA) is 55.1 Å². The van der Waals surface area contributed by atoms with Gasteiger partial charge in [-0.15, -0.1) is 0 Å². The molecule has 0 saturated heterocycles. The quantitative estimate of drug-likeness (QED) is 0.812. The molecule has 1 aromatic carbocycles. The van der Waals surface area contributed by atoms with Crippen molar-refractivity contribution in [2.24, 2.45) is 11.7 Å². The maximum atomic E-state index is 12.7. The van der Waals surface area contributed by atoms with Gasteiger partial charge in [0.15, 0.2) is 0 Å². The highest BCUT2D eigenvalue weighted by molar-refractivity contribution is 5.81. The SMILES string of the molecule is CC(C)C[C@H](N)C(=O)NCCc1ccc(F)cc1. The Morgan fingerprint density at radius 1 is 1.33 bits per heavy atom. The molecule has 0 radical (unpaired) electrons. The minimum absolute atomic E-state index is 0.120. The smallest absolute Gasteiger partial charge is 0.236 e. The number of carbonyl (C=O) groups is 1. The van der Waals surface area contributed by atoms with Crippen LogP contribution in [-0.4, -0.2) is 18.5 Å². The number of benzene rings is 1. The van der Waals surface area contributed by atoms with Gasteiger partial charge >= 0.3 is 0 Å². The van der Waals surface area contributed by atoms with Gasteiger partial charge in [0.1, 0.15) is 5.82 Å². The van der Waals surface area contributed by atoms with Crippen molar-refractivity contribution in [3.8, 4) is 0 Å². The average molecular weight is 252 g/mol. The summed E-state index contributed by atoms with van der Waals surface area (Å²) in [7, 11) is 0. The predicted octanol–water partition coefficient (Wildman–Crippen LogP) is 1.86. The summed E-state index contributed by atoms with van der Waals surface area (Å²) in [5, 5.41) is 2.79. The van der Waals surface area contributed by atoms with Crippen molar-refractivity contribution in [2.75, 3.05) is 6.54 Å². The molecule has 0 bridgehead atoms. The molecule has 3 N–H and O–H groups in total. The highest BCUT2D eigenvalue weighted by Crippen LogP contribution is 2.04. The molecule has 0 aliphatic heterocycles. The fourth-order valence-corrected chi connectivity index (χ4v) is 1.73. The van der Waals surface area contributed by atoms with Gasteiger partial charge in [0.25, 0.3) is 0 Å². The Morgan fingerprint density at radius 3 is 2.50 bits per heavy atom. The Bertz CT molecular complexity index is 376. The summed E-state index contributed by atoms with van der Waals surface area (Å²) in [5.41, 5.74) is 6.75. The first kappa shape index (κ1) is 14.6. The Hall–Kier alpha value is -1.42. The zero-order valence-electron chi connectivity index (χ0n) is 10.9. The number of amides is 1. The molecule has 0 aromatic heterocycles. The number of nitrogens with one attached hydrogen (secondary N) is 1. The maximum absolute atomic E-state index is 12.7. The van der Waals surface area contributed by atoms with Crippen LogP contribution < -0.4 is 11.1 Å². The zero-order chi connectivity index (χ0) is 13.5. The molecule has 1 amide bonds. The molecule has 3 nitrogen and oxygen atoms in total. The van der Waals surface area contributed by atoms with E-state index in [2.05, 4.69) is 5.32 Å². The van der Waals surface area contributed by atoms with Crippen LogP contribution in [0.5, 0.6) is 0 Å². The summed E-state index contributed by atoms with van der Waals surface area (Å²) in [6.45, 7) is 4.59. The van der Waals surface area contributed by atoms with E-state index in [1.165, 1.54) is 12.1 Å². The van der Waals surface area contributed by atoms with Crippen molar-refractivity contribution in [1.82, 2.24) is 5.32 Å². The highest BCUT2D eigenvalue weighted by Gasteiger charge is 2.13. The van der Waals surface area contributed by atoms with Crippen LogP contribution in [0.2, 0.25) is 0 Å². The molecule has 18 heavy (non-hydrogen) atoms. The minimum atomic E-state index is -0.446. The van der Waals surface area contributed by atoms with E-state index in [4.69, 9.17) is 5.73 Å². The molecular formula is C14H21FN2O. The number of halogens is 1. The van der Waals surface area contributed by atoms with Crippen molar-refractivity contribution in [2.45, 2.75) is 32.7 Å². The van der Waals surface area contributed by atoms with Crippen LogP contribution >= 0.6 is 0 Å². The van der Waals surface area contributed by atoms with Gasteiger partial charge in [-0.25, -0.2) is 4.39 Å². The average Bonchev–Trinajstić information content (AvgIpc) is 2.30. The first-order valence-electron chi connectivity index (χ1n) is 6.26. The fraction of sp³-hybridized carbons (Fsp3) is 0.500. The van der Waals surface area contributed by atoms with Gasteiger partial charge in [0.05, 0.1) is 6.04 Å². The van der Waals surface area contributed by atoms with Crippen molar-refractivity contribution < 1.29 is 9.18 Å². The highest BCUT2D eigenvalue weighted by atomic mass is 19.1. The molecule has 0 aliphatic carbocycles. The first-order chi connectivity index (χ1) is 8.49. The van der Waals surface area contributed by atoms with Gasteiger partial charge in [-0.3, -0.25) is 4.79 Å². The van der Waals surface area contributed by atoms with Gasteiger partial charge < -0.3 is 11.1 Å². The van der Waals surface area contributed by atoms with E-state index in [-0.39, 0.29) is 11.7 Å². The molecule has 4 heteroatoms. The standard InChI is InChI=1S/C14H21FN2O/c1-10(2)9-13(16)14(18)17-8-7-11-3-5-12(15)6-4-11/h3-6,10,13H,7-9,16H2,1-2H3,(H,17,18)/t13-/m0/s1. The van der Waals surface area contributed by atoms with Crippen molar-refractivity contribution in [1.29, 1.82) is 0 Å². The van der Waals surface area contributed by atoms with Crippen LogP contribution in [0.15, 0.2) is 24.3 Å². The lowest BCUT2D eigenvalue weighted by atomic mass is 10.0. The Balaban J connectivity index is 2.29. The second-order valence-corrected chi connectivity index (χ2v) is 4.90. The van der Waals surface area contributed by atoms with Crippen LogP contribution in [-0.2, 0) is 11.2 Å². The largest absolute Gasteiger partial charge is 0.354 e. The molecule has 1 rings (SSSR count). The summed E-state index contributed by atoms with van der Waals surface area (Å²) in [4.78, 5) is 11.6. The molecule has 0 fully saturated rings. The molecule has 0 heterocycles. The molecular weight excluding hydrogens is 231 g/mol. The second kappa shape index (κ2) is 7.11. The molecule has 0 unspecified atom stereocenters. The van der Waals surface area contributed by atoms with E-state index >= 15 is 0 Å². The lowest BCUT2D eigenvalue weighted by Gasteiger charge is -2.14. The van der Waals surface area contributed by atoms with Crippen LogP contribution in [0.25, 0.3) is 0 Å². The number of hydrogen-bond donors (Lipinski definition) is 2. The van der Waals surface area contributed by atoms with E-state index in [0.717, 1.165) is 5.56 Å². The maximum Gasteiger partial charge on any atom is 0.236 e. The van der Waals surface area contributed by atoms with E-state index in [9.17, 15) is 9.18 Å². The number of hydrogen-bond acceptors (Lipinski definition) is 2. The second-order valence-electron chi connectivity index (χ2n) is 4.90. The van der Waals surface area contributed by atoms with E-state index in [0.29, 0.717) is 25.3 Å². The van der Waals surface area contributed by atoms with Gasteiger partial charge in [0.2, 0.25) is 5.91 Å². The van der Waals surface area contributed by atoms with Crippen molar-refractivity contribution >= 4 is 5.91 Å². The number of carbonyl (C=O) groups excluding carboxylic acids is 1. The summed E-state index contributed by atoms with van der Waals surface area (Å²) < 4.78 is 12.7. The molecule has 0 saturated carbocycles. The van der Waals surface area contributed by atoms with E-state index in [1.54, 1.807) is 12.1 Å². The molecule has 0 aliphatic rings. The van der Waals surface area contributed by atoms with E-state index < -0.39 is 6.04 Å². The van der Waals surface area contributed by atoms with Gasteiger partial charge in [-0.2, -0.15) is 0 Å². The lowest BCUT2D eigenvalue weighted by molar-refractivity contribution is -0.122. The normalized spacial score (nSPS) is 12.5. The summed E-state index contributed by atoms with van der Waals surface area (Å²) >= 11 is 0. The third-order valence-electron chi connectivity index (χ3n) is 2.69. The minimum Gasteiger partial charge on any atom is -0.354 e. The first-order valence-corrected chi connectivity index (χ1v) is 6.26. The van der Waals surface area contributed by atoms with Crippen LogP contribution in [0.4, 0.5) is 4.39 Å². The van der Waals surface area contributed by atoms with Gasteiger partial charge in [0, 0.05) is 6.54 Å². The molecule has 0 spiro atoms. The summed E-state index contributed by atoms with van der Waals surface area (Å²) in [5.74, 6) is 0.0374. The van der Waals surface area contributed by atoms with Crippen molar-refractivity contribution in [3.05, 3.63) is 35.6 Å². The third kappa shape index (κ3) is 5.27. The monoisotopic (exact) mass is 252 g/mol. The Kier molecular flexibility index (Phi) is 5.78. The zero-order valence-corrected chi connectivity index (χ0v) is 10.9. The third-order valence-corrected chi connectivity index (χ3v) is 2.69. The van der Waals surface area contributed by atoms with Crippen molar-refractivity contribution in [3.63, 3.8) is 0 Å². The van der Waals surface area contributed by atoms with Crippen LogP contribution in [0, 0.1) is 11.7 Å². The van der Waals surface area contributed by atoms with Gasteiger partial charge in [-0.1, -0.05) is 26.0 Å². The number of rotatable bonds is 6. The summed E-state index contributed by atoms with van der Waals surface area (Å²) in [6, 6.07) is 5.83. The Labute approximate surface area is 108 Å². The van der Waals surface area contributed by atoms with E-state index in [1.807, 2.05) is 13.8 Å². The predicted molar refractivity (Wildman–Crippen MR) is 70.5 cm³/mol. The van der Waals surface area contributed by atoms with Crippen LogP contribution in [0.3, 0.4) is 0 Å². The van der Waals surface area contributed by atoms with Gasteiger partial charge in [-0.05, 0) is 36.5 Å². The lowest BCUT2D eigenvalue weighted by Crippen LogP contribution is -2.42. The Morgan fingerprint density at radius 2 is 1.94 bits per heavy atom. The molecule has 100 valence electrons. The van der Waals surface area contributed by atoms with Crippen LogP contribution in [0.1, 0.15) is 25.8 Å². The molecule has 1 aromatic rings. The summed E-state index contributed by atoms with van der Waals surface area (Å²) in [6.07, 6.45) is 1.36.